The summed E-state index contributed by atoms with van der Waals surface area (Å²) in [4.78, 5) is 11.8. The Morgan fingerprint density at radius 2 is 2.10 bits per heavy atom. The molecule has 2 aromatic rings. The van der Waals surface area contributed by atoms with Crippen LogP contribution in [-0.4, -0.2) is 17.2 Å². The fourth-order valence-corrected chi connectivity index (χ4v) is 2.40. The van der Waals surface area contributed by atoms with Crippen LogP contribution in [0.3, 0.4) is 0 Å². The molecule has 2 N–H and O–H groups in total. The van der Waals surface area contributed by atoms with Crippen LogP contribution in [0.25, 0.3) is 0 Å². The van der Waals surface area contributed by atoms with E-state index in [1.165, 1.54) is 6.21 Å². The van der Waals surface area contributed by atoms with Crippen molar-refractivity contribution in [1.82, 2.24) is 5.43 Å². The Hall–Kier alpha value is -1.41. The molecule has 0 aliphatic rings. The molecule has 0 aliphatic heterocycles. The van der Waals surface area contributed by atoms with Crippen molar-refractivity contribution in [2.75, 3.05) is 0 Å². The fourth-order valence-electron chi connectivity index (χ4n) is 1.46. The molecule has 1 amide bonds. The molecule has 4 nitrogen and oxygen atoms in total. The minimum atomic E-state index is -0.281. The Morgan fingerprint density at radius 3 is 2.80 bits per heavy atom. The van der Waals surface area contributed by atoms with E-state index in [4.69, 9.17) is 0 Å². The van der Waals surface area contributed by atoms with Gasteiger partial charge < -0.3 is 5.11 Å². The van der Waals surface area contributed by atoms with Gasteiger partial charge in [-0.3, -0.25) is 4.79 Å². The highest BCUT2D eigenvalue weighted by molar-refractivity contribution is 14.1. The highest BCUT2D eigenvalue weighted by Crippen LogP contribution is 2.19. The van der Waals surface area contributed by atoms with Gasteiger partial charge in [0.25, 0.3) is 5.91 Å². The maximum absolute atomic E-state index is 11.8. The lowest BCUT2D eigenvalue weighted by Crippen LogP contribution is -2.17. The molecule has 2 rings (SSSR count). The Balaban J connectivity index is 2.02. The second-order valence-electron chi connectivity index (χ2n) is 3.92. The molecule has 0 unspecified atom stereocenters. The number of aromatic hydroxyl groups is 1. The summed E-state index contributed by atoms with van der Waals surface area (Å²) in [6.45, 7) is 0. The van der Waals surface area contributed by atoms with Crippen molar-refractivity contribution in [3.05, 3.63) is 61.6 Å². The average molecular weight is 445 g/mol. The summed E-state index contributed by atoms with van der Waals surface area (Å²) in [6, 6.07) is 12.1. The number of phenolic OH excluding ortho intramolecular Hbond substituents is 1. The van der Waals surface area contributed by atoms with Gasteiger partial charge in [0.2, 0.25) is 0 Å². The molecule has 20 heavy (non-hydrogen) atoms. The van der Waals surface area contributed by atoms with Crippen LogP contribution in [0.2, 0.25) is 0 Å². The van der Waals surface area contributed by atoms with E-state index in [-0.39, 0.29) is 11.7 Å². The predicted octanol–water partition coefficient (Wildman–Crippen LogP) is 3.52. The van der Waals surface area contributed by atoms with E-state index in [1.54, 1.807) is 36.4 Å². The number of amides is 1. The third kappa shape index (κ3) is 4.04. The number of nitrogens with one attached hydrogen (secondary N) is 1. The van der Waals surface area contributed by atoms with Gasteiger partial charge in [-0.05, 0) is 64.6 Å². The number of hydrazone groups is 1. The first kappa shape index (κ1) is 15.0. The summed E-state index contributed by atoms with van der Waals surface area (Å²) in [7, 11) is 0. The SMILES string of the molecule is O=C(N/N=C/c1ccc(O)c(I)c1)c1cccc(Br)c1. The zero-order valence-corrected chi connectivity index (χ0v) is 13.9. The Labute approximate surface area is 138 Å². The summed E-state index contributed by atoms with van der Waals surface area (Å²) < 4.78 is 1.56. The van der Waals surface area contributed by atoms with Crippen LogP contribution in [0, 0.1) is 3.57 Å². The number of carbonyl (C=O) groups is 1. The summed E-state index contributed by atoms with van der Waals surface area (Å²) >= 11 is 5.33. The number of hydrogen-bond acceptors (Lipinski definition) is 3. The first-order chi connectivity index (χ1) is 9.56. The van der Waals surface area contributed by atoms with E-state index >= 15 is 0 Å². The van der Waals surface area contributed by atoms with Gasteiger partial charge in [0.05, 0.1) is 9.78 Å². The van der Waals surface area contributed by atoms with Gasteiger partial charge in [-0.1, -0.05) is 22.0 Å². The topological polar surface area (TPSA) is 61.7 Å². The number of nitrogens with zero attached hydrogens (tertiary/aromatic N) is 1. The van der Waals surface area contributed by atoms with Crippen molar-refractivity contribution in [3.63, 3.8) is 0 Å². The molecule has 0 heterocycles. The number of rotatable bonds is 3. The lowest BCUT2D eigenvalue weighted by Gasteiger charge is -2.01. The zero-order valence-electron chi connectivity index (χ0n) is 10.2. The van der Waals surface area contributed by atoms with Gasteiger partial charge in [0, 0.05) is 10.0 Å². The molecule has 0 atom stereocenters. The van der Waals surface area contributed by atoms with Crippen LogP contribution in [0.15, 0.2) is 52.0 Å². The molecule has 0 bridgehead atoms. The third-order valence-electron chi connectivity index (χ3n) is 2.44. The summed E-state index contributed by atoms with van der Waals surface area (Å²) in [6.07, 6.45) is 1.53. The zero-order chi connectivity index (χ0) is 14.5. The second-order valence-corrected chi connectivity index (χ2v) is 6.00. The van der Waals surface area contributed by atoms with Crippen molar-refractivity contribution in [1.29, 1.82) is 0 Å². The first-order valence-electron chi connectivity index (χ1n) is 5.64. The van der Waals surface area contributed by atoms with Crippen LogP contribution >= 0.6 is 38.5 Å². The normalized spacial score (nSPS) is 10.7. The lowest BCUT2D eigenvalue weighted by atomic mass is 10.2. The van der Waals surface area contributed by atoms with E-state index < -0.39 is 0 Å². The van der Waals surface area contributed by atoms with E-state index in [0.29, 0.717) is 5.56 Å². The van der Waals surface area contributed by atoms with Crippen LogP contribution < -0.4 is 5.43 Å². The van der Waals surface area contributed by atoms with E-state index in [2.05, 4.69) is 26.5 Å². The minimum Gasteiger partial charge on any atom is -0.507 e. The Bertz CT molecular complexity index is 674. The second kappa shape index (κ2) is 6.85. The quantitative estimate of drug-likeness (QED) is 0.432. The summed E-state index contributed by atoms with van der Waals surface area (Å²) in [5.41, 5.74) is 3.77. The number of phenols is 1. The molecule has 102 valence electrons. The highest BCUT2D eigenvalue weighted by atomic mass is 127. The van der Waals surface area contributed by atoms with Crippen molar-refractivity contribution < 1.29 is 9.90 Å². The molecule has 0 radical (unpaired) electrons. The predicted molar refractivity (Wildman–Crippen MR) is 90.0 cm³/mol. The molecule has 0 fully saturated rings. The molecule has 6 heteroatoms. The molecule has 0 spiro atoms. The molecule has 0 aliphatic carbocycles. The number of carbonyl (C=O) groups excluding carboxylic acids is 1. The summed E-state index contributed by atoms with van der Waals surface area (Å²) in [5, 5.41) is 13.3. The van der Waals surface area contributed by atoms with Gasteiger partial charge in [-0.15, -0.1) is 0 Å². The largest absolute Gasteiger partial charge is 0.507 e. The fraction of sp³-hybridized carbons (Fsp3) is 0. The Morgan fingerprint density at radius 1 is 1.30 bits per heavy atom. The standard InChI is InChI=1S/C14H10BrIN2O2/c15-11-3-1-2-10(7-11)14(20)18-17-8-9-4-5-13(19)12(16)6-9/h1-8,19H,(H,18,20)/b17-8+. The summed E-state index contributed by atoms with van der Waals surface area (Å²) in [5.74, 6) is -0.0584. The highest BCUT2D eigenvalue weighted by Gasteiger charge is 2.03. The van der Waals surface area contributed by atoms with Crippen molar-refractivity contribution in [3.8, 4) is 5.75 Å². The van der Waals surface area contributed by atoms with E-state index in [9.17, 15) is 9.90 Å². The molecule has 0 saturated heterocycles. The van der Waals surface area contributed by atoms with Crippen LogP contribution in [0.5, 0.6) is 5.75 Å². The third-order valence-corrected chi connectivity index (χ3v) is 3.80. The first-order valence-corrected chi connectivity index (χ1v) is 7.51. The molecule has 2 aromatic carbocycles. The Kier molecular flexibility index (Phi) is 5.13. The van der Waals surface area contributed by atoms with Crippen molar-refractivity contribution in [2.24, 2.45) is 5.10 Å². The maximum Gasteiger partial charge on any atom is 0.271 e. The molecule has 0 saturated carbocycles. The van der Waals surface area contributed by atoms with Gasteiger partial charge in [0.15, 0.2) is 0 Å². The van der Waals surface area contributed by atoms with E-state index in [1.807, 2.05) is 28.7 Å². The maximum atomic E-state index is 11.8. The minimum absolute atomic E-state index is 0.223. The van der Waals surface area contributed by atoms with Gasteiger partial charge in [-0.2, -0.15) is 5.10 Å². The van der Waals surface area contributed by atoms with Gasteiger partial charge >= 0.3 is 0 Å². The van der Waals surface area contributed by atoms with Gasteiger partial charge in [0.1, 0.15) is 5.75 Å². The van der Waals surface area contributed by atoms with Crippen LogP contribution in [-0.2, 0) is 0 Å². The van der Waals surface area contributed by atoms with Gasteiger partial charge in [-0.25, -0.2) is 5.43 Å². The van der Waals surface area contributed by atoms with Crippen molar-refractivity contribution in [2.45, 2.75) is 0 Å². The monoisotopic (exact) mass is 444 g/mol. The molecule has 0 aromatic heterocycles. The smallest absolute Gasteiger partial charge is 0.271 e. The molecular formula is C14H10BrIN2O2. The number of halogens is 2. The average Bonchev–Trinajstić information content (AvgIpc) is 2.42. The lowest BCUT2D eigenvalue weighted by molar-refractivity contribution is 0.0955. The number of benzene rings is 2. The van der Waals surface area contributed by atoms with Crippen molar-refractivity contribution >= 4 is 50.6 Å². The molecular weight excluding hydrogens is 435 g/mol. The number of hydrogen-bond donors (Lipinski definition) is 2. The van der Waals surface area contributed by atoms with Crippen LogP contribution in [0.1, 0.15) is 15.9 Å². The van der Waals surface area contributed by atoms with Crippen LogP contribution in [0.4, 0.5) is 0 Å². The van der Waals surface area contributed by atoms with E-state index in [0.717, 1.165) is 13.6 Å².